The Morgan fingerprint density at radius 2 is 1.48 bits per heavy atom. The summed E-state index contributed by atoms with van der Waals surface area (Å²) in [5, 5.41) is 4.42. The molecule has 0 unspecified atom stereocenters. The molecule has 0 aliphatic carbocycles. The zero-order valence-corrected chi connectivity index (χ0v) is 18.2. The second-order valence-electron chi connectivity index (χ2n) is 6.64. The minimum atomic E-state index is 0. The number of nitrogens with zero attached hydrogens (tertiary/aromatic N) is 2. The summed E-state index contributed by atoms with van der Waals surface area (Å²) in [5.41, 5.74) is 3.00. The van der Waals surface area contributed by atoms with E-state index in [0.29, 0.717) is 0 Å². The topological polar surface area (TPSA) is 17.3 Å². The van der Waals surface area contributed by atoms with Crippen LogP contribution >= 0.6 is 0 Å². The Bertz CT molecular complexity index is 403. The minimum absolute atomic E-state index is 0. The summed E-state index contributed by atoms with van der Waals surface area (Å²) in [6.45, 7) is 11.7. The molecular weight excluding hydrogens is 343 g/mol. The van der Waals surface area contributed by atoms with Crippen molar-refractivity contribution in [1.82, 2.24) is 4.90 Å². The van der Waals surface area contributed by atoms with E-state index in [9.17, 15) is 0 Å². The molecule has 0 atom stereocenters. The Morgan fingerprint density at radius 1 is 0.880 bits per heavy atom. The summed E-state index contributed by atoms with van der Waals surface area (Å²) in [6, 6.07) is 9.23. The van der Waals surface area contributed by atoms with E-state index in [1.54, 1.807) is 0 Å². The number of hydrogen-bond donors (Lipinski definition) is 0. The van der Waals surface area contributed by atoms with E-state index in [1.807, 2.05) is 13.8 Å². The fraction of sp³-hybridized carbons (Fsp3) is 0.727. The third-order valence-electron chi connectivity index (χ3n) is 4.62. The molecule has 143 valence electrons. The molecule has 0 spiro atoms. The van der Waals surface area contributed by atoms with Crippen molar-refractivity contribution < 1.29 is 18.6 Å². The number of benzene rings is 1. The van der Waals surface area contributed by atoms with E-state index >= 15 is 0 Å². The van der Waals surface area contributed by atoms with Gasteiger partial charge in [-0.1, -0.05) is 83.6 Å². The van der Waals surface area contributed by atoms with Gasteiger partial charge in [-0.25, -0.2) is 0 Å². The number of piperazine rings is 1. The van der Waals surface area contributed by atoms with Crippen LogP contribution in [-0.2, 0) is 31.5 Å². The molecule has 1 aromatic carbocycles. The fourth-order valence-electron chi connectivity index (χ4n) is 3.23. The molecule has 0 amide bonds. The molecule has 1 aliphatic heterocycles. The predicted molar refractivity (Wildman–Crippen MR) is 108 cm³/mol. The predicted octanol–water partition coefficient (Wildman–Crippen LogP) is 6.19. The van der Waals surface area contributed by atoms with Gasteiger partial charge in [0, 0.05) is 25.1 Å². The van der Waals surface area contributed by atoms with Gasteiger partial charge < -0.3 is 10.2 Å². The summed E-state index contributed by atoms with van der Waals surface area (Å²) in [5.74, 6) is 0. The van der Waals surface area contributed by atoms with E-state index in [-0.39, 0.29) is 18.6 Å². The monoisotopic (exact) mass is 382 g/mol. The molecule has 1 fully saturated rings. The summed E-state index contributed by atoms with van der Waals surface area (Å²) >= 11 is 0. The summed E-state index contributed by atoms with van der Waals surface area (Å²) in [6.07, 6.45) is 11.0. The second kappa shape index (κ2) is 17.2. The Balaban J connectivity index is 0.00000185. The molecule has 0 aromatic heterocycles. The second-order valence-corrected chi connectivity index (χ2v) is 6.64. The third kappa shape index (κ3) is 11.9. The molecule has 2 rings (SSSR count). The SMILES string of the molecule is CC.CCCCCCCCCc1cccc(CN2CC[N-]CC2)c1.[V]. The molecule has 1 aliphatic rings. The molecule has 2 nitrogen and oxygen atoms in total. The van der Waals surface area contributed by atoms with Crippen molar-refractivity contribution in [2.24, 2.45) is 0 Å². The van der Waals surface area contributed by atoms with Crippen molar-refractivity contribution in [1.29, 1.82) is 0 Å². The van der Waals surface area contributed by atoms with Gasteiger partial charge in [0.2, 0.25) is 0 Å². The molecule has 1 radical (unpaired) electrons. The molecule has 0 bridgehead atoms. The number of aryl methyl sites for hydroxylation is 1. The molecule has 1 heterocycles. The first kappa shape index (κ1) is 24.7. The maximum Gasteiger partial charge on any atom is 0.0232 e. The van der Waals surface area contributed by atoms with Gasteiger partial charge in [-0.15, -0.1) is 13.1 Å². The maximum absolute atomic E-state index is 4.42. The average Bonchev–Trinajstić information content (AvgIpc) is 2.64. The normalized spacial score (nSPS) is 14.4. The van der Waals surface area contributed by atoms with Crippen molar-refractivity contribution in [3.63, 3.8) is 0 Å². The first-order chi connectivity index (χ1) is 11.9. The minimum Gasteiger partial charge on any atom is -0.660 e. The third-order valence-corrected chi connectivity index (χ3v) is 4.62. The van der Waals surface area contributed by atoms with Gasteiger partial charge in [0.15, 0.2) is 0 Å². The van der Waals surface area contributed by atoms with Gasteiger partial charge >= 0.3 is 0 Å². The van der Waals surface area contributed by atoms with Gasteiger partial charge in [-0.3, -0.25) is 0 Å². The van der Waals surface area contributed by atoms with Crippen molar-refractivity contribution in [3.05, 3.63) is 40.7 Å². The van der Waals surface area contributed by atoms with Gasteiger partial charge in [-0.05, 0) is 37.1 Å². The zero-order valence-electron chi connectivity index (χ0n) is 16.8. The molecule has 25 heavy (non-hydrogen) atoms. The van der Waals surface area contributed by atoms with Crippen molar-refractivity contribution in [3.8, 4) is 0 Å². The fourth-order valence-corrected chi connectivity index (χ4v) is 3.23. The van der Waals surface area contributed by atoms with Crippen molar-refractivity contribution in [2.75, 3.05) is 26.2 Å². The molecule has 1 aromatic rings. The van der Waals surface area contributed by atoms with Crippen LogP contribution in [0.4, 0.5) is 0 Å². The summed E-state index contributed by atoms with van der Waals surface area (Å²) in [4.78, 5) is 2.53. The van der Waals surface area contributed by atoms with Crippen LogP contribution in [0.3, 0.4) is 0 Å². The summed E-state index contributed by atoms with van der Waals surface area (Å²) < 4.78 is 0. The Kier molecular flexibility index (Phi) is 17.0. The van der Waals surface area contributed by atoms with Crippen LogP contribution in [0.1, 0.15) is 76.8 Å². The average molecular weight is 383 g/mol. The number of rotatable bonds is 10. The number of hydrogen-bond acceptors (Lipinski definition) is 1. The number of unbranched alkanes of at least 4 members (excludes halogenated alkanes) is 6. The largest absolute Gasteiger partial charge is 0.660 e. The van der Waals surface area contributed by atoms with Crippen LogP contribution < -0.4 is 0 Å². The maximum atomic E-state index is 4.42. The molecule has 0 N–H and O–H groups in total. The van der Waals surface area contributed by atoms with Gasteiger partial charge in [0.25, 0.3) is 0 Å². The van der Waals surface area contributed by atoms with Gasteiger partial charge in [0.05, 0.1) is 0 Å². The van der Waals surface area contributed by atoms with E-state index in [4.69, 9.17) is 0 Å². The van der Waals surface area contributed by atoms with E-state index < -0.39 is 0 Å². The van der Waals surface area contributed by atoms with Crippen LogP contribution in [-0.4, -0.2) is 31.1 Å². The first-order valence-corrected chi connectivity index (χ1v) is 10.3. The smallest absolute Gasteiger partial charge is 0.0232 e. The van der Waals surface area contributed by atoms with Crippen LogP contribution in [0.25, 0.3) is 5.32 Å². The van der Waals surface area contributed by atoms with Crippen molar-refractivity contribution >= 4 is 0 Å². The molecule has 1 saturated heterocycles. The Labute approximate surface area is 169 Å². The van der Waals surface area contributed by atoms with Gasteiger partial charge in [0.1, 0.15) is 0 Å². The molecule has 3 heteroatoms. The standard InChI is InChI=1S/C20H33N2.C2H6.V/c1-2-3-4-5-6-7-8-10-19-11-9-12-20(17-19)18-22-15-13-21-14-16-22;1-2;/h9,11-12,17H,2-8,10,13-16,18H2,1H3;1-2H3;/q-1;;. The van der Waals surface area contributed by atoms with Crippen LogP contribution in [0.2, 0.25) is 0 Å². The Hall–Kier alpha value is -0.276. The quantitative estimate of drug-likeness (QED) is 0.441. The first-order valence-electron chi connectivity index (χ1n) is 10.3. The van der Waals surface area contributed by atoms with Gasteiger partial charge in [-0.2, -0.15) is 0 Å². The Morgan fingerprint density at radius 3 is 2.16 bits per heavy atom. The van der Waals surface area contributed by atoms with E-state index in [0.717, 1.165) is 32.7 Å². The molecule has 0 saturated carbocycles. The summed E-state index contributed by atoms with van der Waals surface area (Å²) in [7, 11) is 0. The zero-order chi connectivity index (χ0) is 17.5. The van der Waals surface area contributed by atoms with Crippen LogP contribution in [0.15, 0.2) is 24.3 Å². The van der Waals surface area contributed by atoms with Crippen molar-refractivity contribution in [2.45, 2.75) is 78.7 Å². The molecular formula is C22H39N2V-. The van der Waals surface area contributed by atoms with Crippen LogP contribution in [0.5, 0.6) is 0 Å². The van der Waals surface area contributed by atoms with E-state index in [2.05, 4.69) is 41.4 Å². The van der Waals surface area contributed by atoms with E-state index in [1.165, 1.54) is 62.5 Å². The van der Waals surface area contributed by atoms with Crippen LogP contribution in [0, 0.1) is 0 Å².